The van der Waals surface area contributed by atoms with E-state index in [4.69, 9.17) is 0 Å². The predicted octanol–water partition coefficient (Wildman–Crippen LogP) is 3.13. The Morgan fingerprint density at radius 1 is 1.05 bits per heavy atom. The largest absolute Gasteiger partial charge is 0.314 e. The normalized spacial score (nSPS) is 21.9. The van der Waals surface area contributed by atoms with Crippen LogP contribution in [0.5, 0.6) is 0 Å². The van der Waals surface area contributed by atoms with E-state index in [1.165, 1.54) is 31.4 Å². The van der Waals surface area contributed by atoms with Crippen molar-refractivity contribution in [2.75, 3.05) is 26.2 Å². The molecule has 5 heteroatoms. The summed E-state index contributed by atoms with van der Waals surface area (Å²) in [5.41, 5.74) is 0.809. The molecule has 0 amide bonds. The van der Waals surface area contributed by atoms with E-state index in [2.05, 4.69) is 10.2 Å². The highest BCUT2D eigenvalue weighted by atomic mass is 35.5. The van der Waals surface area contributed by atoms with Crippen molar-refractivity contribution in [1.82, 2.24) is 10.2 Å². The molecule has 1 saturated heterocycles. The van der Waals surface area contributed by atoms with Crippen LogP contribution in [-0.4, -0.2) is 31.1 Å². The van der Waals surface area contributed by atoms with Crippen molar-refractivity contribution in [3.05, 3.63) is 35.4 Å². The van der Waals surface area contributed by atoms with Crippen LogP contribution >= 0.6 is 12.4 Å². The quantitative estimate of drug-likeness (QED) is 0.923. The average molecular weight is 303 g/mol. The van der Waals surface area contributed by atoms with Crippen molar-refractivity contribution in [1.29, 1.82) is 0 Å². The van der Waals surface area contributed by atoms with Gasteiger partial charge in [-0.1, -0.05) is 6.42 Å². The van der Waals surface area contributed by atoms with Gasteiger partial charge in [0, 0.05) is 38.3 Å². The lowest BCUT2D eigenvalue weighted by molar-refractivity contribution is 0.0833. The molecule has 2 fully saturated rings. The van der Waals surface area contributed by atoms with Crippen LogP contribution in [0.15, 0.2) is 18.2 Å². The second kappa shape index (κ2) is 6.83. The van der Waals surface area contributed by atoms with E-state index >= 15 is 0 Å². The van der Waals surface area contributed by atoms with Crippen LogP contribution in [0.3, 0.4) is 0 Å². The molecule has 1 aliphatic heterocycles. The van der Waals surface area contributed by atoms with E-state index in [0.29, 0.717) is 5.92 Å². The second-order valence-electron chi connectivity index (χ2n) is 5.62. The molecule has 1 heterocycles. The fraction of sp³-hybridized carbons (Fsp3) is 0.600. The summed E-state index contributed by atoms with van der Waals surface area (Å²) in [5, 5.41) is 3.33. The van der Waals surface area contributed by atoms with Crippen molar-refractivity contribution in [2.24, 2.45) is 5.92 Å². The lowest BCUT2D eigenvalue weighted by Gasteiger charge is -2.43. The highest BCUT2D eigenvalue weighted by Crippen LogP contribution is 2.41. The van der Waals surface area contributed by atoms with Gasteiger partial charge in [0.15, 0.2) is 0 Å². The number of hydrogen-bond donors (Lipinski definition) is 1. The molecule has 0 spiro atoms. The zero-order valence-electron chi connectivity index (χ0n) is 11.4. The third-order valence-corrected chi connectivity index (χ3v) is 4.37. The second-order valence-corrected chi connectivity index (χ2v) is 5.62. The average Bonchev–Trinajstić information content (AvgIpc) is 2.33. The van der Waals surface area contributed by atoms with Crippen LogP contribution in [-0.2, 0) is 0 Å². The number of benzene rings is 1. The minimum absolute atomic E-state index is 0. The maximum atomic E-state index is 13.5. The molecule has 112 valence electrons. The zero-order valence-corrected chi connectivity index (χ0v) is 12.3. The number of rotatable bonds is 3. The fourth-order valence-electron chi connectivity index (χ4n) is 3.24. The first-order chi connectivity index (χ1) is 9.24. The highest BCUT2D eigenvalue weighted by Gasteiger charge is 2.33. The van der Waals surface area contributed by atoms with E-state index in [0.717, 1.165) is 37.8 Å². The summed E-state index contributed by atoms with van der Waals surface area (Å²) in [5.74, 6) is -0.372. The first-order valence-corrected chi connectivity index (χ1v) is 7.15. The number of halogens is 3. The maximum absolute atomic E-state index is 13.5. The molecule has 1 aliphatic carbocycles. The summed E-state index contributed by atoms with van der Waals surface area (Å²) in [6, 6.07) is 4.16. The number of nitrogens with one attached hydrogen (secondary N) is 1. The Balaban J connectivity index is 0.00000147. The van der Waals surface area contributed by atoms with Crippen molar-refractivity contribution < 1.29 is 8.78 Å². The van der Waals surface area contributed by atoms with Crippen LogP contribution in [0.4, 0.5) is 8.78 Å². The van der Waals surface area contributed by atoms with E-state index < -0.39 is 11.6 Å². The van der Waals surface area contributed by atoms with Crippen molar-refractivity contribution in [2.45, 2.75) is 25.3 Å². The predicted molar refractivity (Wildman–Crippen MR) is 78.1 cm³/mol. The molecule has 0 aromatic heterocycles. The lowest BCUT2D eigenvalue weighted by atomic mass is 9.76. The standard InChI is InChI=1S/C15H20F2N2.ClH/c16-13-8-12(9-14(17)10-13)15(11-2-1-3-11)19-6-4-18-5-7-19;/h8-11,15,18H,1-7H2;1H/t15-;/m1./s1. The molecule has 2 nitrogen and oxygen atoms in total. The summed E-state index contributed by atoms with van der Waals surface area (Å²) in [6.45, 7) is 3.83. The minimum atomic E-state index is -0.463. The van der Waals surface area contributed by atoms with Gasteiger partial charge in [0.2, 0.25) is 0 Å². The Morgan fingerprint density at radius 2 is 1.65 bits per heavy atom. The van der Waals surface area contributed by atoms with E-state index in [1.807, 2.05) is 0 Å². The van der Waals surface area contributed by atoms with Crippen molar-refractivity contribution in [3.8, 4) is 0 Å². The Labute approximate surface area is 124 Å². The Morgan fingerprint density at radius 3 is 2.15 bits per heavy atom. The number of piperazine rings is 1. The SMILES string of the molecule is Cl.Fc1cc(F)cc([C@@H](C2CCC2)N2CCNCC2)c1. The van der Waals surface area contributed by atoms with Gasteiger partial charge < -0.3 is 5.32 Å². The van der Waals surface area contributed by atoms with Crippen LogP contribution in [0.25, 0.3) is 0 Å². The smallest absolute Gasteiger partial charge is 0.126 e. The molecule has 2 aliphatic rings. The first-order valence-electron chi connectivity index (χ1n) is 7.15. The maximum Gasteiger partial charge on any atom is 0.126 e. The summed E-state index contributed by atoms with van der Waals surface area (Å²) in [7, 11) is 0. The summed E-state index contributed by atoms with van der Waals surface area (Å²) in [4.78, 5) is 2.38. The molecule has 0 unspecified atom stereocenters. The molecule has 0 bridgehead atoms. The molecule has 1 atom stereocenters. The lowest BCUT2D eigenvalue weighted by Crippen LogP contribution is -2.47. The number of hydrogen-bond acceptors (Lipinski definition) is 2. The molecule has 1 aromatic carbocycles. The van der Waals surface area contributed by atoms with Gasteiger partial charge in [0.05, 0.1) is 0 Å². The van der Waals surface area contributed by atoms with Gasteiger partial charge in [-0.25, -0.2) is 8.78 Å². The molecule has 20 heavy (non-hydrogen) atoms. The molecule has 0 radical (unpaired) electrons. The first kappa shape index (κ1) is 15.7. The highest BCUT2D eigenvalue weighted by molar-refractivity contribution is 5.85. The monoisotopic (exact) mass is 302 g/mol. The van der Waals surface area contributed by atoms with Gasteiger partial charge in [-0.05, 0) is 36.5 Å². The van der Waals surface area contributed by atoms with Crippen LogP contribution in [0.2, 0.25) is 0 Å². The number of nitrogens with zero attached hydrogens (tertiary/aromatic N) is 1. The van der Waals surface area contributed by atoms with Gasteiger partial charge in [-0.15, -0.1) is 12.4 Å². The van der Waals surface area contributed by atoms with E-state index in [-0.39, 0.29) is 18.4 Å². The minimum Gasteiger partial charge on any atom is -0.314 e. The molecule has 3 rings (SSSR count). The van der Waals surface area contributed by atoms with E-state index in [9.17, 15) is 8.78 Å². The van der Waals surface area contributed by atoms with E-state index in [1.54, 1.807) is 0 Å². The van der Waals surface area contributed by atoms with Crippen LogP contribution < -0.4 is 5.32 Å². The Bertz CT molecular complexity index is 425. The fourth-order valence-corrected chi connectivity index (χ4v) is 3.24. The molecule has 1 saturated carbocycles. The Hall–Kier alpha value is -0.710. The van der Waals surface area contributed by atoms with Crippen LogP contribution in [0.1, 0.15) is 30.9 Å². The third kappa shape index (κ3) is 3.30. The summed E-state index contributed by atoms with van der Waals surface area (Å²) < 4.78 is 26.9. The van der Waals surface area contributed by atoms with Crippen molar-refractivity contribution in [3.63, 3.8) is 0 Å². The molecule has 1 N–H and O–H groups in total. The van der Waals surface area contributed by atoms with Gasteiger partial charge in [0.1, 0.15) is 11.6 Å². The van der Waals surface area contributed by atoms with Gasteiger partial charge in [-0.3, -0.25) is 4.90 Å². The molecule has 1 aromatic rings. The molecular formula is C15H21ClF2N2. The third-order valence-electron chi connectivity index (χ3n) is 4.37. The molecular weight excluding hydrogens is 282 g/mol. The van der Waals surface area contributed by atoms with Crippen molar-refractivity contribution >= 4 is 12.4 Å². The van der Waals surface area contributed by atoms with Crippen LogP contribution in [0, 0.1) is 17.6 Å². The van der Waals surface area contributed by atoms with Gasteiger partial charge in [0.25, 0.3) is 0 Å². The summed E-state index contributed by atoms with van der Waals surface area (Å²) >= 11 is 0. The topological polar surface area (TPSA) is 15.3 Å². The zero-order chi connectivity index (χ0) is 13.2. The van der Waals surface area contributed by atoms with Gasteiger partial charge >= 0.3 is 0 Å². The Kier molecular flexibility index (Phi) is 5.35. The van der Waals surface area contributed by atoms with Gasteiger partial charge in [-0.2, -0.15) is 0 Å². The summed E-state index contributed by atoms with van der Waals surface area (Å²) in [6.07, 6.45) is 3.59.